The molecule has 2 heterocycles. The van der Waals surface area contributed by atoms with E-state index in [-0.39, 0.29) is 0 Å². The minimum atomic E-state index is 0.577. The molecule has 1 aliphatic carbocycles. The molecule has 0 amide bonds. The zero-order chi connectivity index (χ0) is 13.2. The summed E-state index contributed by atoms with van der Waals surface area (Å²) in [5.74, 6) is 1.96. The molecule has 2 aromatic rings. The highest BCUT2D eigenvalue weighted by molar-refractivity contribution is 5.51. The Labute approximate surface area is 114 Å². The quantitative estimate of drug-likeness (QED) is 0.917. The summed E-state index contributed by atoms with van der Waals surface area (Å²) in [5.41, 5.74) is 2.15. The van der Waals surface area contributed by atoms with Crippen molar-refractivity contribution in [1.82, 2.24) is 14.6 Å². The Balaban J connectivity index is 1.82. The highest BCUT2D eigenvalue weighted by atomic mass is 15.3. The molecule has 0 radical (unpaired) electrons. The summed E-state index contributed by atoms with van der Waals surface area (Å²) in [4.78, 5) is 4.28. The molecule has 2 atom stereocenters. The lowest BCUT2D eigenvalue weighted by Crippen LogP contribution is -2.28. The smallest absolute Gasteiger partial charge is 0.157 e. The lowest BCUT2D eigenvalue weighted by molar-refractivity contribution is 0.327. The Morgan fingerprint density at radius 2 is 2.26 bits per heavy atom. The van der Waals surface area contributed by atoms with E-state index in [0.717, 1.165) is 17.4 Å². The number of rotatable bonds is 3. The third-order valence-corrected chi connectivity index (χ3v) is 4.24. The molecule has 1 fully saturated rings. The van der Waals surface area contributed by atoms with E-state index < -0.39 is 0 Å². The fourth-order valence-corrected chi connectivity index (χ4v) is 3.16. The fourth-order valence-electron chi connectivity index (χ4n) is 3.16. The van der Waals surface area contributed by atoms with Crippen molar-refractivity contribution in [2.45, 2.75) is 52.0 Å². The summed E-state index contributed by atoms with van der Waals surface area (Å²) in [7, 11) is 0. The molecule has 0 bridgehead atoms. The van der Waals surface area contributed by atoms with Gasteiger partial charge in [0.1, 0.15) is 12.1 Å². The van der Waals surface area contributed by atoms with Crippen molar-refractivity contribution < 1.29 is 0 Å². The molecular formula is C15H22N4. The average Bonchev–Trinajstić information content (AvgIpc) is 2.87. The van der Waals surface area contributed by atoms with E-state index >= 15 is 0 Å². The number of aryl methyl sites for hydroxylation is 1. The van der Waals surface area contributed by atoms with Crippen LogP contribution in [0, 0.1) is 12.8 Å². The first-order valence-electron chi connectivity index (χ1n) is 7.33. The molecule has 102 valence electrons. The normalized spacial score (nSPS) is 23.7. The molecule has 1 saturated carbocycles. The van der Waals surface area contributed by atoms with Crippen LogP contribution in [0.3, 0.4) is 0 Å². The lowest BCUT2D eigenvalue weighted by atomic mass is 9.84. The topological polar surface area (TPSA) is 42.2 Å². The van der Waals surface area contributed by atoms with Gasteiger partial charge < -0.3 is 5.32 Å². The Bertz CT molecular complexity index is 560. The molecule has 3 rings (SSSR count). The second-order valence-electron chi connectivity index (χ2n) is 5.73. The summed E-state index contributed by atoms with van der Waals surface area (Å²) < 4.78 is 1.91. The summed E-state index contributed by atoms with van der Waals surface area (Å²) in [6.07, 6.45) is 8.19. The van der Waals surface area contributed by atoms with Crippen molar-refractivity contribution in [1.29, 1.82) is 0 Å². The molecule has 0 aliphatic heterocycles. The summed E-state index contributed by atoms with van der Waals surface area (Å²) in [6.45, 7) is 4.41. The minimum absolute atomic E-state index is 0.577. The van der Waals surface area contributed by atoms with E-state index in [4.69, 9.17) is 0 Å². The van der Waals surface area contributed by atoms with Crippen LogP contribution < -0.4 is 5.32 Å². The first-order chi connectivity index (χ1) is 9.26. The predicted molar refractivity (Wildman–Crippen MR) is 77.4 cm³/mol. The molecule has 4 heteroatoms. The van der Waals surface area contributed by atoms with Crippen molar-refractivity contribution in [3.8, 4) is 0 Å². The first kappa shape index (κ1) is 12.5. The number of fused-ring (bicyclic) bond motifs is 1. The zero-order valence-electron chi connectivity index (χ0n) is 11.8. The van der Waals surface area contributed by atoms with Crippen LogP contribution in [0.1, 0.15) is 44.6 Å². The predicted octanol–water partition coefficient (Wildman–Crippen LogP) is 3.42. The third kappa shape index (κ3) is 2.57. The maximum absolute atomic E-state index is 4.31. The number of nitrogens with one attached hydrogen (secondary N) is 1. The van der Waals surface area contributed by atoms with Crippen LogP contribution in [0.2, 0.25) is 0 Å². The van der Waals surface area contributed by atoms with Crippen LogP contribution in [0.15, 0.2) is 18.5 Å². The highest BCUT2D eigenvalue weighted by Crippen LogP contribution is 2.28. The number of nitrogens with zero attached hydrogens (tertiary/aromatic N) is 3. The first-order valence-corrected chi connectivity index (χ1v) is 7.33. The van der Waals surface area contributed by atoms with Gasteiger partial charge >= 0.3 is 0 Å². The Morgan fingerprint density at radius 3 is 3.11 bits per heavy atom. The standard InChI is InChI=1S/C15H22N4/c1-3-12-5-4-6-13(9-12)18-15-8-11(2)7-14-16-10-17-19(14)15/h7-8,10,12-13,18H,3-6,9H2,1-2H3. The molecule has 1 aliphatic rings. The molecule has 0 aromatic carbocycles. The second kappa shape index (κ2) is 5.19. The number of anilines is 1. The maximum atomic E-state index is 4.31. The van der Waals surface area contributed by atoms with Crippen LogP contribution in [0.5, 0.6) is 0 Å². The summed E-state index contributed by atoms with van der Waals surface area (Å²) in [5, 5.41) is 7.98. The van der Waals surface area contributed by atoms with Crippen LogP contribution in [-0.4, -0.2) is 20.6 Å². The van der Waals surface area contributed by atoms with Gasteiger partial charge in [0.15, 0.2) is 5.65 Å². The van der Waals surface area contributed by atoms with Gasteiger partial charge in [-0.1, -0.05) is 26.2 Å². The number of pyridine rings is 1. The molecule has 0 spiro atoms. The average molecular weight is 258 g/mol. The molecule has 2 aromatic heterocycles. The SMILES string of the molecule is CCC1CCCC(Nc2cc(C)cc3ncnn23)C1. The molecule has 19 heavy (non-hydrogen) atoms. The van der Waals surface area contributed by atoms with Crippen LogP contribution in [0.25, 0.3) is 5.65 Å². The van der Waals surface area contributed by atoms with E-state index in [0.29, 0.717) is 6.04 Å². The fraction of sp³-hybridized carbons (Fsp3) is 0.600. The van der Waals surface area contributed by atoms with Crippen molar-refractivity contribution in [3.05, 3.63) is 24.0 Å². The Morgan fingerprint density at radius 1 is 1.37 bits per heavy atom. The van der Waals surface area contributed by atoms with Gasteiger partial charge in [0, 0.05) is 6.04 Å². The largest absolute Gasteiger partial charge is 0.367 e. The zero-order valence-corrected chi connectivity index (χ0v) is 11.8. The molecule has 0 saturated heterocycles. The third-order valence-electron chi connectivity index (χ3n) is 4.24. The number of hydrogen-bond donors (Lipinski definition) is 1. The van der Waals surface area contributed by atoms with E-state index in [1.54, 1.807) is 6.33 Å². The Kier molecular flexibility index (Phi) is 3.40. The molecule has 2 unspecified atom stereocenters. The van der Waals surface area contributed by atoms with Crippen molar-refractivity contribution in [2.75, 3.05) is 5.32 Å². The van der Waals surface area contributed by atoms with Gasteiger partial charge in [0.25, 0.3) is 0 Å². The second-order valence-corrected chi connectivity index (χ2v) is 5.73. The molecule has 1 N–H and O–H groups in total. The molecular weight excluding hydrogens is 236 g/mol. The highest BCUT2D eigenvalue weighted by Gasteiger charge is 2.21. The van der Waals surface area contributed by atoms with Gasteiger partial charge in [-0.05, 0) is 43.4 Å². The van der Waals surface area contributed by atoms with E-state index in [9.17, 15) is 0 Å². The van der Waals surface area contributed by atoms with Crippen LogP contribution in [-0.2, 0) is 0 Å². The molecule has 4 nitrogen and oxygen atoms in total. The van der Waals surface area contributed by atoms with Crippen LogP contribution >= 0.6 is 0 Å². The number of hydrogen-bond acceptors (Lipinski definition) is 3. The summed E-state index contributed by atoms with van der Waals surface area (Å²) >= 11 is 0. The van der Waals surface area contributed by atoms with Crippen molar-refractivity contribution >= 4 is 11.5 Å². The lowest BCUT2D eigenvalue weighted by Gasteiger charge is -2.29. The van der Waals surface area contributed by atoms with Crippen molar-refractivity contribution in [3.63, 3.8) is 0 Å². The van der Waals surface area contributed by atoms with Crippen molar-refractivity contribution in [2.24, 2.45) is 5.92 Å². The van der Waals surface area contributed by atoms with Gasteiger partial charge in [0.05, 0.1) is 0 Å². The van der Waals surface area contributed by atoms with Gasteiger partial charge in [-0.25, -0.2) is 4.98 Å². The van der Waals surface area contributed by atoms with Gasteiger partial charge in [-0.15, -0.1) is 0 Å². The van der Waals surface area contributed by atoms with Gasteiger partial charge in [-0.3, -0.25) is 0 Å². The minimum Gasteiger partial charge on any atom is -0.367 e. The van der Waals surface area contributed by atoms with E-state index in [1.807, 2.05) is 4.52 Å². The van der Waals surface area contributed by atoms with Crippen LogP contribution in [0.4, 0.5) is 5.82 Å². The van der Waals surface area contributed by atoms with E-state index in [1.165, 1.54) is 37.7 Å². The summed E-state index contributed by atoms with van der Waals surface area (Å²) in [6, 6.07) is 4.80. The monoisotopic (exact) mass is 258 g/mol. The van der Waals surface area contributed by atoms with Gasteiger partial charge in [0.2, 0.25) is 0 Å². The van der Waals surface area contributed by atoms with E-state index in [2.05, 4.69) is 41.4 Å². The van der Waals surface area contributed by atoms with Gasteiger partial charge in [-0.2, -0.15) is 9.61 Å². The number of aromatic nitrogens is 3. The Hall–Kier alpha value is -1.58. The maximum Gasteiger partial charge on any atom is 0.157 e.